The average molecular weight is 192 g/mol. The van der Waals surface area contributed by atoms with Crippen LogP contribution in [0.4, 0.5) is 13.2 Å². The summed E-state index contributed by atoms with van der Waals surface area (Å²) in [7, 11) is 0. The Morgan fingerprint density at radius 3 is 2.00 bits per heavy atom. The number of ether oxygens (including phenoxy) is 1. The van der Waals surface area contributed by atoms with Crippen LogP contribution in [-0.4, -0.2) is 25.4 Å². The Kier molecular flexibility index (Phi) is 3.60. The zero-order valence-electron chi connectivity index (χ0n) is 5.60. The monoisotopic (exact) mass is 191 g/mol. The van der Waals surface area contributed by atoms with E-state index in [4.69, 9.17) is 5.73 Å². The maximum atomic E-state index is 11.9. The van der Waals surface area contributed by atoms with Crippen LogP contribution in [-0.2, 0) is 4.74 Å². The predicted molar refractivity (Wildman–Crippen MR) is 35.6 cm³/mol. The molecule has 1 aliphatic rings. The van der Waals surface area contributed by atoms with E-state index in [0.717, 1.165) is 0 Å². The van der Waals surface area contributed by atoms with Gasteiger partial charge in [-0.3, -0.25) is 0 Å². The van der Waals surface area contributed by atoms with Gasteiger partial charge in [0, 0.05) is 6.04 Å². The lowest BCUT2D eigenvalue weighted by Gasteiger charge is -2.16. The van der Waals surface area contributed by atoms with E-state index in [2.05, 4.69) is 4.74 Å². The number of nitrogens with two attached hydrogens (primary N) is 1. The zero-order valence-corrected chi connectivity index (χ0v) is 6.41. The summed E-state index contributed by atoms with van der Waals surface area (Å²) in [5.41, 5.74) is 5.12. The van der Waals surface area contributed by atoms with Crippen LogP contribution in [0.25, 0.3) is 0 Å². The molecule has 1 heterocycles. The second kappa shape index (κ2) is 3.60. The molecule has 0 radical (unpaired) electrons. The Hall–Kier alpha value is -0.0000000000000000555. The van der Waals surface area contributed by atoms with Gasteiger partial charge in [0.05, 0.1) is 19.1 Å². The van der Waals surface area contributed by atoms with Crippen LogP contribution in [0.3, 0.4) is 0 Å². The molecule has 1 aliphatic heterocycles. The third-order valence-electron chi connectivity index (χ3n) is 1.54. The summed E-state index contributed by atoms with van der Waals surface area (Å²) in [6.45, 7) is -0.269. The quantitative estimate of drug-likeness (QED) is 0.619. The van der Waals surface area contributed by atoms with Gasteiger partial charge >= 0.3 is 6.18 Å². The molecule has 0 saturated carbocycles. The molecule has 0 bridgehead atoms. The third kappa shape index (κ3) is 2.50. The summed E-state index contributed by atoms with van der Waals surface area (Å²) < 4.78 is 40.1. The second-order valence-electron chi connectivity index (χ2n) is 2.35. The SMILES string of the molecule is Cl.NC1COCC1C(F)(F)F. The molecule has 0 aromatic rings. The standard InChI is InChI=1S/C5H8F3NO.ClH/c6-5(7,8)3-1-10-2-4(3)9;/h3-4H,1-2,9H2;1H. The molecule has 1 fully saturated rings. The molecule has 2 atom stereocenters. The molecule has 0 aromatic carbocycles. The minimum Gasteiger partial charge on any atom is -0.379 e. The first-order valence-electron chi connectivity index (χ1n) is 2.92. The fourth-order valence-electron chi connectivity index (χ4n) is 0.908. The Morgan fingerprint density at radius 2 is 1.82 bits per heavy atom. The van der Waals surface area contributed by atoms with Crippen LogP contribution in [0.1, 0.15) is 0 Å². The maximum Gasteiger partial charge on any atom is 0.395 e. The van der Waals surface area contributed by atoms with Crippen LogP contribution in [0.15, 0.2) is 0 Å². The Labute approximate surface area is 68.3 Å². The minimum atomic E-state index is -4.20. The highest BCUT2D eigenvalue weighted by atomic mass is 35.5. The number of rotatable bonds is 0. The van der Waals surface area contributed by atoms with Crippen molar-refractivity contribution in [1.82, 2.24) is 0 Å². The highest BCUT2D eigenvalue weighted by Gasteiger charge is 2.46. The van der Waals surface area contributed by atoms with Crippen molar-refractivity contribution in [2.24, 2.45) is 11.7 Å². The fourth-order valence-corrected chi connectivity index (χ4v) is 0.908. The molecule has 68 valence electrons. The maximum absolute atomic E-state index is 11.9. The molecule has 0 spiro atoms. The summed E-state index contributed by atoms with van der Waals surface area (Å²) >= 11 is 0. The van der Waals surface area contributed by atoms with Gasteiger partial charge in [0.2, 0.25) is 0 Å². The van der Waals surface area contributed by atoms with Gasteiger partial charge in [0.15, 0.2) is 0 Å². The topological polar surface area (TPSA) is 35.2 Å². The first kappa shape index (κ1) is 11.0. The molecule has 2 nitrogen and oxygen atoms in total. The average Bonchev–Trinajstić information content (AvgIpc) is 2.11. The lowest BCUT2D eigenvalue weighted by Crippen LogP contribution is -2.38. The molecular formula is C5H9ClF3NO. The molecule has 0 aliphatic carbocycles. The van der Waals surface area contributed by atoms with Gasteiger partial charge in [0.1, 0.15) is 0 Å². The molecule has 0 amide bonds. The van der Waals surface area contributed by atoms with Crippen molar-refractivity contribution in [2.75, 3.05) is 13.2 Å². The van der Waals surface area contributed by atoms with Crippen LogP contribution in [0.2, 0.25) is 0 Å². The van der Waals surface area contributed by atoms with Crippen molar-refractivity contribution >= 4 is 12.4 Å². The van der Waals surface area contributed by atoms with Crippen molar-refractivity contribution < 1.29 is 17.9 Å². The van der Waals surface area contributed by atoms with E-state index in [1.54, 1.807) is 0 Å². The predicted octanol–water partition coefficient (Wildman–Crippen LogP) is 0.944. The Bertz CT molecular complexity index is 129. The van der Waals surface area contributed by atoms with Crippen LogP contribution < -0.4 is 5.73 Å². The van der Waals surface area contributed by atoms with E-state index in [9.17, 15) is 13.2 Å². The van der Waals surface area contributed by atoms with E-state index in [-0.39, 0.29) is 25.6 Å². The third-order valence-corrected chi connectivity index (χ3v) is 1.54. The Balaban J connectivity index is 0.000001000. The van der Waals surface area contributed by atoms with E-state index < -0.39 is 18.1 Å². The van der Waals surface area contributed by atoms with E-state index in [0.29, 0.717) is 0 Å². The molecular weight excluding hydrogens is 183 g/mol. The normalized spacial score (nSPS) is 31.6. The first-order valence-corrected chi connectivity index (χ1v) is 2.92. The van der Waals surface area contributed by atoms with Gasteiger partial charge in [-0.25, -0.2) is 0 Å². The lowest BCUT2D eigenvalue weighted by atomic mass is 10.1. The summed E-state index contributed by atoms with van der Waals surface area (Å²) in [4.78, 5) is 0. The Morgan fingerprint density at radius 1 is 1.27 bits per heavy atom. The molecule has 0 aromatic heterocycles. The summed E-state index contributed by atoms with van der Waals surface area (Å²) in [5, 5.41) is 0. The lowest BCUT2D eigenvalue weighted by molar-refractivity contribution is -0.175. The van der Waals surface area contributed by atoms with Gasteiger partial charge < -0.3 is 10.5 Å². The largest absolute Gasteiger partial charge is 0.395 e. The van der Waals surface area contributed by atoms with Gasteiger partial charge in [-0.05, 0) is 0 Å². The number of hydrogen-bond donors (Lipinski definition) is 1. The van der Waals surface area contributed by atoms with E-state index >= 15 is 0 Å². The molecule has 2 N–H and O–H groups in total. The van der Waals surface area contributed by atoms with Crippen molar-refractivity contribution in [1.29, 1.82) is 0 Å². The number of hydrogen-bond acceptors (Lipinski definition) is 2. The number of halogens is 4. The zero-order chi connectivity index (χ0) is 7.78. The van der Waals surface area contributed by atoms with Crippen molar-refractivity contribution in [3.8, 4) is 0 Å². The molecule has 1 saturated heterocycles. The van der Waals surface area contributed by atoms with Crippen LogP contribution in [0, 0.1) is 5.92 Å². The molecule has 11 heavy (non-hydrogen) atoms. The number of alkyl halides is 3. The van der Waals surface area contributed by atoms with Crippen molar-refractivity contribution in [3.63, 3.8) is 0 Å². The fraction of sp³-hybridized carbons (Fsp3) is 1.00. The van der Waals surface area contributed by atoms with Crippen LogP contribution >= 0.6 is 12.4 Å². The molecule has 6 heteroatoms. The highest BCUT2D eigenvalue weighted by Crippen LogP contribution is 2.31. The van der Waals surface area contributed by atoms with E-state index in [1.165, 1.54) is 0 Å². The van der Waals surface area contributed by atoms with Gasteiger partial charge in [-0.15, -0.1) is 12.4 Å². The minimum absolute atomic E-state index is 0. The first-order chi connectivity index (χ1) is 4.52. The van der Waals surface area contributed by atoms with Crippen molar-refractivity contribution in [3.05, 3.63) is 0 Å². The second-order valence-corrected chi connectivity index (χ2v) is 2.35. The smallest absolute Gasteiger partial charge is 0.379 e. The molecule has 1 rings (SSSR count). The van der Waals surface area contributed by atoms with Gasteiger partial charge in [0.25, 0.3) is 0 Å². The van der Waals surface area contributed by atoms with Gasteiger partial charge in [-0.1, -0.05) is 0 Å². The summed E-state index contributed by atoms with van der Waals surface area (Å²) in [6, 6.07) is -0.875. The van der Waals surface area contributed by atoms with Gasteiger partial charge in [-0.2, -0.15) is 13.2 Å². The van der Waals surface area contributed by atoms with Crippen molar-refractivity contribution in [2.45, 2.75) is 12.2 Å². The molecule has 2 unspecified atom stereocenters. The van der Waals surface area contributed by atoms with E-state index in [1.807, 2.05) is 0 Å². The summed E-state index contributed by atoms with van der Waals surface area (Å²) in [5.74, 6) is -1.47. The van der Waals surface area contributed by atoms with Crippen LogP contribution in [0.5, 0.6) is 0 Å². The highest BCUT2D eigenvalue weighted by molar-refractivity contribution is 5.85. The summed E-state index contributed by atoms with van der Waals surface area (Å²) in [6.07, 6.45) is -4.20.